The quantitative estimate of drug-likeness (QED) is 0.800. The molecule has 3 nitrogen and oxygen atoms in total. The molecule has 2 aliphatic heterocycles. The van der Waals surface area contributed by atoms with Crippen molar-refractivity contribution in [2.24, 2.45) is 11.8 Å². The molecule has 18 heavy (non-hydrogen) atoms. The highest BCUT2D eigenvalue weighted by Crippen LogP contribution is 2.32. The Morgan fingerprint density at radius 2 is 1.56 bits per heavy atom. The number of piperazine rings is 1. The Morgan fingerprint density at radius 3 is 2.17 bits per heavy atom. The van der Waals surface area contributed by atoms with Crippen LogP contribution in [0.15, 0.2) is 0 Å². The minimum Gasteiger partial charge on any atom is -0.314 e. The first-order chi connectivity index (χ1) is 8.74. The van der Waals surface area contributed by atoms with Gasteiger partial charge in [-0.25, -0.2) is 0 Å². The maximum absolute atomic E-state index is 3.39. The van der Waals surface area contributed by atoms with Crippen molar-refractivity contribution in [3.8, 4) is 0 Å². The minimum atomic E-state index is 0.842. The summed E-state index contributed by atoms with van der Waals surface area (Å²) < 4.78 is 0. The van der Waals surface area contributed by atoms with Crippen molar-refractivity contribution >= 4 is 0 Å². The van der Waals surface area contributed by atoms with Crippen LogP contribution in [0.2, 0.25) is 0 Å². The zero-order valence-corrected chi connectivity index (χ0v) is 12.1. The van der Waals surface area contributed by atoms with E-state index in [4.69, 9.17) is 0 Å². The lowest BCUT2D eigenvalue weighted by Gasteiger charge is -2.48. The molecule has 0 amide bonds. The monoisotopic (exact) mass is 251 g/mol. The van der Waals surface area contributed by atoms with Gasteiger partial charge in [-0.15, -0.1) is 0 Å². The molecule has 1 saturated carbocycles. The summed E-state index contributed by atoms with van der Waals surface area (Å²) in [6, 6.07) is 1.71. The molecule has 0 aromatic carbocycles. The topological polar surface area (TPSA) is 18.5 Å². The van der Waals surface area contributed by atoms with Crippen LogP contribution in [-0.4, -0.2) is 61.2 Å². The molecule has 0 aromatic heterocycles. The van der Waals surface area contributed by atoms with E-state index in [9.17, 15) is 0 Å². The Kier molecular flexibility index (Phi) is 3.92. The van der Waals surface area contributed by atoms with E-state index < -0.39 is 0 Å². The largest absolute Gasteiger partial charge is 0.314 e. The Balaban J connectivity index is 1.51. The molecule has 3 rings (SSSR count). The second-order valence-corrected chi connectivity index (χ2v) is 6.85. The van der Waals surface area contributed by atoms with E-state index in [-0.39, 0.29) is 0 Å². The second kappa shape index (κ2) is 5.48. The molecule has 3 aliphatic rings. The molecule has 1 aliphatic carbocycles. The fraction of sp³-hybridized carbons (Fsp3) is 1.00. The van der Waals surface area contributed by atoms with Crippen molar-refractivity contribution in [1.82, 2.24) is 15.1 Å². The van der Waals surface area contributed by atoms with Gasteiger partial charge in [-0.05, 0) is 24.7 Å². The molecule has 0 bridgehead atoms. The molecule has 0 radical (unpaired) electrons. The van der Waals surface area contributed by atoms with Crippen molar-refractivity contribution in [3.63, 3.8) is 0 Å². The van der Waals surface area contributed by atoms with Gasteiger partial charge in [-0.1, -0.05) is 20.3 Å². The molecule has 3 unspecified atom stereocenters. The smallest absolute Gasteiger partial charge is 0.0346 e. The Morgan fingerprint density at radius 1 is 0.889 bits per heavy atom. The summed E-state index contributed by atoms with van der Waals surface area (Å²) >= 11 is 0. The highest BCUT2D eigenvalue weighted by atomic mass is 15.3. The van der Waals surface area contributed by atoms with Crippen molar-refractivity contribution in [2.75, 3.05) is 39.3 Å². The predicted octanol–water partition coefficient (Wildman–Crippen LogP) is 1.40. The van der Waals surface area contributed by atoms with Crippen LogP contribution < -0.4 is 5.32 Å². The van der Waals surface area contributed by atoms with E-state index in [0.717, 1.165) is 23.9 Å². The van der Waals surface area contributed by atoms with Crippen LogP contribution in [0.4, 0.5) is 0 Å². The molecule has 3 atom stereocenters. The summed E-state index contributed by atoms with van der Waals surface area (Å²) in [6.45, 7) is 12.5. The van der Waals surface area contributed by atoms with Crippen molar-refractivity contribution in [3.05, 3.63) is 0 Å². The summed E-state index contributed by atoms with van der Waals surface area (Å²) in [4.78, 5) is 5.49. The summed E-state index contributed by atoms with van der Waals surface area (Å²) in [6.07, 6.45) is 4.33. The molecule has 3 heteroatoms. The zero-order chi connectivity index (χ0) is 12.5. The first-order valence-electron chi connectivity index (χ1n) is 7.93. The van der Waals surface area contributed by atoms with Crippen LogP contribution in [0.25, 0.3) is 0 Å². The average molecular weight is 251 g/mol. The van der Waals surface area contributed by atoms with Crippen LogP contribution in [0.3, 0.4) is 0 Å². The highest BCUT2D eigenvalue weighted by molar-refractivity contribution is 4.91. The lowest BCUT2D eigenvalue weighted by atomic mass is 9.79. The molecule has 2 heterocycles. The van der Waals surface area contributed by atoms with Crippen LogP contribution >= 0.6 is 0 Å². The van der Waals surface area contributed by atoms with Crippen molar-refractivity contribution < 1.29 is 0 Å². The molecular weight excluding hydrogens is 222 g/mol. The fourth-order valence-corrected chi connectivity index (χ4v) is 3.98. The van der Waals surface area contributed by atoms with Gasteiger partial charge in [-0.2, -0.15) is 0 Å². The van der Waals surface area contributed by atoms with Gasteiger partial charge in [0.2, 0.25) is 0 Å². The van der Waals surface area contributed by atoms with Crippen LogP contribution in [0, 0.1) is 11.8 Å². The van der Waals surface area contributed by atoms with Crippen molar-refractivity contribution in [1.29, 1.82) is 0 Å². The number of nitrogens with zero attached hydrogens (tertiary/aromatic N) is 2. The van der Waals surface area contributed by atoms with Crippen molar-refractivity contribution in [2.45, 2.75) is 45.2 Å². The molecule has 2 saturated heterocycles. The summed E-state index contributed by atoms with van der Waals surface area (Å²) in [7, 11) is 0. The van der Waals surface area contributed by atoms with Gasteiger partial charge in [-0.3, -0.25) is 9.80 Å². The standard InChI is InChI=1S/C15H29N3/c1-12-3-4-13(2)15(9-12)18-7-5-17(6-8-18)14-10-16-11-14/h12-16H,3-11H2,1-2H3. The summed E-state index contributed by atoms with van der Waals surface area (Å²) in [5.74, 6) is 1.86. The minimum absolute atomic E-state index is 0.842. The van der Waals surface area contributed by atoms with Crippen LogP contribution in [-0.2, 0) is 0 Å². The van der Waals surface area contributed by atoms with Gasteiger partial charge < -0.3 is 5.32 Å². The molecule has 3 fully saturated rings. The third kappa shape index (κ3) is 2.59. The summed E-state index contributed by atoms with van der Waals surface area (Å²) in [5, 5.41) is 3.39. The normalized spacial score (nSPS) is 40.7. The van der Waals surface area contributed by atoms with Gasteiger partial charge in [0, 0.05) is 51.4 Å². The average Bonchev–Trinajstić information content (AvgIpc) is 2.31. The maximum atomic E-state index is 3.39. The number of hydrogen-bond acceptors (Lipinski definition) is 3. The SMILES string of the molecule is CC1CCC(C)C(N2CCN(C3CNC3)CC2)C1. The van der Waals surface area contributed by atoms with Gasteiger partial charge in [0.15, 0.2) is 0 Å². The summed E-state index contributed by atoms with van der Waals surface area (Å²) in [5.41, 5.74) is 0. The number of hydrogen-bond donors (Lipinski definition) is 1. The molecule has 1 N–H and O–H groups in total. The molecule has 104 valence electrons. The third-order valence-electron chi connectivity index (χ3n) is 5.51. The third-order valence-corrected chi connectivity index (χ3v) is 5.51. The Hall–Kier alpha value is -0.120. The first kappa shape index (κ1) is 12.9. The van der Waals surface area contributed by atoms with E-state index in [1.54, 1.807) is 0 Å². The molecular formula is C15H29N3. The van der Waals surface area contributed by atoms with E-state index in [1.165, 1.54) is 58.5 Å². The number of nitrogens with one attached hydrogen (secondary N) is 1. The van der Waals surface area contributed by atoms with Crippen LogP contribution in [0.1, 0.15) is 33.1 Å². The zero-order valence-electron chi connectivity index (χ0n) is 12.1. The van der Waals surface area contributed by atoms with E-state index in [0.29, 0.717) is 0 Å². The predicted molar refractivity (Wildman–Crippen MR) is 75.8 cm³/mol. The Bertz CT molecular complexity index is 269. The molecule has 0 spiro atoms. The fourth-order valence-electron chi connectivity index (χ4n) is 3.98. The van der Waals surface area contributed by atoms with E-state index >= 15 is 0 Å². The van der Waals surface area contributed by atoms with Gasteiger partial charge >= 0.3 is 0 Å². The van der Waals surface area contributed by atoms with Gasteiger partial charge in [0.25, 0.3) is 0 Å². The van der Waals surface area contributed by atoms with Gasteiger partial charge in [0.1, 0.15) is 0 Å². The second-order valence-electron chi connectivity index (χ2n) is 6.85. The van der Waals surface area contributed by atoms with E-state index in [1.807, 2.05) is 0 Å². The van der Waals surface area contributed by atoms with E-state index in [2.05, 4.69) is 29.0 Å². The lowest BCUT2D eigenvalue weighted by Crippen LogP contribution is -2.63. The highest BCUT2D eigenvalue weighted by Gasteiger charge is 2.34. The molecule has 0 aromatic rings. The maximum Gasteiger partial charge on any atom is 0.0346 e. The lowest BCUT2D eigenvalue weighted by molar-refractivity contribution is 0.0186. The number of rotatable bonds is 2. The van der Waals surface area contributed by atoms with Gasteiger partial charge in [0.05, 0.1) is 0 Å². The van der Waals surface area contributed by atoms with Crippen LogP contribution in [0.5, 0.6) is 0 Å². The first-order valence-corrected chi connectivity index (χ1v) is 7.93. The Labute approximate surface area is 112 Å².